The molecule has 27 heavy (non-hydrogen) atoms. The van der Waals surface area contributed by atoms with Crippen LogP contribution in [0.3, 0.4) is 0 Å². The molecule has 0 aliphatic carbocycles. The predicted molar refractivity (Wildman–Crippen MR) is 97.8 cm³/mol. The van der Waals surface area contributed by atoms with Crippen molar-refractivity contribution in [2.24, 2.45) is 0 Å². The fourth-order valence-electron chi connectivity index (χ4n) is 1.68. The van der Waals surface area contributed by atoms with Gasteiger partial charge < -0.3 is 24.8 Å². The number of amides is 2. The first kappa shape index (κ1) is 24.4. The summed E-state index contributed by atoms with van der Waals surface area (Å²) in [6.07, 6.45) is 1.49. The summed E-state index contributed by atoms with van der Waals surface area (Å²) in [5.41, 5.74) is -1.41. The minimum absolute atomic E-state index is 0.197. The average molecular weight is 386 g/mol. The van der Waals surface area contributed by atoms with Crippen molar-refractivity contribution in [2.75, 3.05) is 13.7 Å². The Labute approximate surface area is 159 Å². The highest BCUT2D eigenvalue weighted by Gasteiger charge is 2.23. The maximum absolute atomic E-state index is 12.0. The monoisotopic (exact) mass is 386 g/mol. The van der Waals surface area contributed by atoms with E-state index < -0.39 is 41.2 Å². The van der Waals surface area contributed by atoms with Crippen molar-refractivity contribution >= 4 is 23.9 Å². The standard InChI is InChI=1S/C18H30N2O7/c1-17(2,3)26-14(22)10-12(20-16(24)27-18(4,5)6)8-9-13(21)19-11-15(23)25-7/h8-9,12H,10-11H2,1-7H3,(H,19,21)(H,20,24)/b9-8+/t12-/m1/s1. The SMILES string of the molecule is COC(=O)CNC(=O)/C=C/[C@H](CC(=O)OC(C)(C)C)NC(=O)OC(C)(C)C. The lowest BCUT2D eigenvalue weighted by Crippen LogP contribution is -2.40. The first-order valence-electron chi connectivity index (χ1n) is 8.46. The van der Waals surface area contributed by atoms with Crippen molar-refractivity contribution in [3.63, 3.8) is 0 Å². The smallest absolute Gasteiger partial charge is 0.408 e. The summed E-state index contributed by atoms with van der Waals surface area (Å²) < 4.78 is 14.8. The maximum atomic E-state index is 12.0. The zero-order valence-corrected chi connectivity index (χ0v) is 17.0. The van der Waals surface area contributed by atoms with Crippen LogP contribution in [0, 0.1) is 0 Å². The van der Waals surface area contributed by atoms with Crippen molar-refractivity contribution < 1.29 is 33.4 Å². The lowest BCUT2D eigenvalue weighted by molar-refractivity contribution is -0.155. The number of rotatable bonds is 7. The number of esters is 2. The number of alkyl carbamates (subject to hydrolysis) is 1. The summed E-state index contributed by atoms with van der Waals surface area (Å²) in [6.45, 7) is 9.96. The summed E-state index contributed by atoms with van der Waals surface area (Å²) in [5, 5.41) is 4.81. The second-order valence-electron chi connectivity index (χ2n) is 7.70. The minimum Gasteiger partial charge on any atom is -0.468 e. The first-order chi connectivity index (χ1) is 12.2. The Balaban J connectivity index is 4.97. The highest BCUT2D eigenvalue weighted by atomic mass is 16.6. The summed E-state index contributed by atoms with van der Waals surface area (Å²) in [6, 6.07) is -0.835. The van der Waals surface area contributed by atoms with Gasteiger partial charge in [0.2, 0.25) is 5.91 Å². The van der Waals surface area contributed by atoms with Gasteiger partial charge >= 0.3 is 18.0 Å². The molecule has 0 saturated heterocycles. The van der Waals surface area contributed by atoms with Crippen LogP contribution in [0.2, 0.25) is 0 Å². The number of hydrogen-bond acceptors (Lipinski definition) is 7. The molecule has 0 aliphatic rings. The van der Waals surface area contributed by atoms with E-state index in [0.717, 1.165) is 6.08 Å². The zero-order valence-electron chi connectivity index (χ0n) is 17.0. The van der Waals surface area contributed by atoms with Crippen molar-refractivity contribution in [2.45, 2.75) is 65.2 Å². The van der Waals surface area contributed by atoms with Gasteiger partial charge in [-0.3, -0.25) is 14.4 Å². The molecule has 0 spiro atoms. The van der Waals surface area contributed by atoms with Crippen molar-refractivity contribution in [1.82, 2.24) is 10.6 Å². The Hall–Kier alpha value is -2.58. The molecule has 9 heteroatoms. The number of hydrogen-bond donors (Lipinski definition) is 2. The molecule has 2 amide bonds. The van der Waals surface area contributed by atoms with Gasteiger partial charge in [-0.05, 0) is 41.5 Å². The van der Waals surface area contributed by atoms with E-state index in [0.29, 0.717) is 0 Å². The molecule has 0 unspecified atom stereocenters. The van der Waals surface area contributed by atoms with Crippen LogP contribution in [0.15, 0.2) is 12.2 Å². The van der Waals surface area contributed by atoms with E-state index in [9.17, 15) is 19.2 Å². The Kier molecular flexibility index (Phi) is 9.53. The van der Waals surface area contributed by atoms with E-state index in [-0.39, 0.29) is 13.0 Å². The Morgan fingerprint density at radius 1 is 0.926 bits per heavy atom. The van der Waals surface area contributed by atoms with Crippen LogP contribution in [0.25, 0.3) is 0 Å². The number of carbonyl (C=O) groups is 4. The largest absolute Gasteiger partial charge is 0.468 e. The average Bonchev–Trinajstić information content (AvgIpc) is 2.46. The van der Waals surface area contributed by atoms with Crippen molar-refractivity contribution in [3.8, 4) is 0 Å². The van der Waals surface area contributed by atoms with E-state index in [1.54, 1.807) is 41.5 Å². The van der Waals surface area contributed by atoms with Crippen LogP contribution >= 0.6 is 0 Å². The van der Waals surface area contributed by atoms with Crippen molar-refractivity contribution in [3.05, 3.63) is 12.2 Å². The van der Waals surface area contributed by atoms with Gasteiger partial charge in [-0.1, -0.05) is 6.08 Å². The normalized spacial score (nSPS) is 12.9. The second-order valence-corrected chi connectivity index (χ2v) is 7.70. The van der Waals surface area contributed by atoms with Crippen LogP contribution in [0.1, 0.15) is 48.0 Å². The molecule has 0 aromatic heterocycles. The third-order valence-electron chi connectivity index (χ3n) is 2.62. The van der Waals surface area contributed by atoms with E-state index in [1.165, 1.54) is 13.2 Å². The van der Waals surface area contributed by atoms with Crippen LogP contribution in [-0.2, 0) is 28.6 Å². The molecule has 0 aromatic rings. The number of ether oxygens (including phenoxy) is 3. The van der Waals surface area contributed by atoms with Crippen LogP contribution in [-0.4, -0.2) is 54.8 Å². The number of carbonyl (C=O) groups excluding carboxylic acids is 4. The molecule has 0 saturated carbocycles. The topological polar surface area (TPSA) is 120 Å². The van der Waals surface area contributed by atoms with Crippen LogP contribution in [0.4, 0.5) is 4.79 Å². The third-order valence-corrected chi connectivity index (χ3v) is 2.62. The maximum Gasteiger partial charge on any atom is 0.408 e. The van der Waals surface area contributed by atoms with Gasteiger partial charge in [0.25, 0.3) is 0 Å². The molecular weight excluding hydrogens is 356 g/mol. The summed E-state index contributed by atoms with van der Waals surface area (Å²) in [7, 11) is 1.20. The third kappa shape index (κ3) is 14.3. The fourth-order valence-corrected chi connectivity index (χ4v) is 1.68. The van der Waals surface area contributed by atoms with Gasteiger partial charge in [-0.25, -0.2) is 4.79 Å². The molecule has 0 rings (SSSR count). The van der Waals surface area contributed by atoms with Gasteiger partial charge in [-0.2, -0.15) is 0 Å². The van der Waals surface area contributed by atoms with Gasteiger partial charge in [-0.15, -0.1) is 0 Å². The second kappa shape index (κ2) is 10.5. The molecule has 0 fully saturated rings. The minimum atomic E-state index is -0.835. The molecule has 1 atom stereocenters. The van der Waals surface area contributed by atoms with Gasteiger partial charge in [0.1, 0.15) is 17.7 Å². The summed E-state index contributed by atoms with van der Waals surface area (Å²) >= 11 is 0. The summed E-state index contributed by atoms with van der Waals surface area (Å²) in [5.74, 6) is -1.74. The highest BCUT2D eigenvalue weighted by molar-refractivity contribution is 5.90. The molecule has 2 N–H and O–H groups in total. The van der Waals surface area contributed by atoms with Crippen molar-refractivity contribution in [1.29, 1.82) is 0 Å². The molecule has 9 nitrogen and oxygen atoms in total. The molecule has 154 valence electrons. The zero-order chi connectivity index (χ0) is 21.3. The lowest BCUT2D eigenvalue weighted by atomic mass is 10.1. The van der Waals surface area contributed by atoms with Gasteiger partial charge in [0, 0.05) is 6.08 Å². The molecule has 0 aliphatic heterocycles. The van der Waals surface area contributed by atoms with Gasteiger partial charge in [0.15, 0.2) is 0 Å². The Bertz CT molecular complexity index is 541. The van der Waals surface area contributed by atoms with E-state index in [4.69, 9.17) is 9.47 Å². The number of nitrogens with one attached hydrogen (secondary N) is 2. The molecule has 0 bridgehead atoms. The first-order valence-corrected chi connectivity index (χ1v) is 8.46. The Morgan fingerprint density at radius 3 is 1.96 bits per heavy atom. The van der Waals surface area contributed by atoms with Crippen LogP contribution < -0.4 is 10.6 Å². The lowest BCUT2D eigenvalue weighted by Gasteiger charge is -2.23. The molecular formula is C18H30N2O7. The van der Waals surface area contributed by atoms with Crippen LogP contribution in [0.5, 0.6) is 0 Å². The fraction of sp³-hybridized carbons (Fsp3) is 0.667. The Morgan fingerprint density at radius 2 is 1.48 bits per heavy atom. The van der Waals surface area contributed by atoms with Gasteiger partial charge in [0.05, 0.1) is 19.6 Å². The molecule has 0 radical (unpaired) electrons. The van der Waals surface area contributed by atoms with E-state index in [1.807, 2.05) is 0 Å². The molecule has 0 heterocycles. The molecule has 0 aromatic carbocycles. The highest BCUT2D eigenvalue weighted by Crippen LogP contribution is 2.11. The quantitative estimate of drug-likeness (QED) is 0.386. The number of methoxy groups -OCH3 is 1. The predicted octanol–water partition coefficient (Wildman–Crippen LogP) is 1.46. The summed E-state index contributed by atoms with van der Waals surface area (Å²) in [4.78, 5) is 46.7. The van der Waals surface area contributed by atoms with E-state index in [2.05, 4.69) is 15.4 Å². The van der Waals surface area contributed by atoms with E-state index >= 15 is 0 Å².